The second-order valence-electron chi connectivity index (χ2n) is 9.20. The van der Waals surface area contributed by atoms with E-state index in [1.54, 1.807) is 11.6 Å². The first-order valence-electron chi connectivity index (χ1n) is 11.5. The number of hydrogen-bond acceptors (Lipinski definition) is 2. The van der Waals surface area contributed by atoms with Crippen LogP contribution in [0.5, 0.6) is 0 Å². The lowest BCUT2D eigenvalue weighted by molar-refractivity contribution is -0.137. The van der Waals surface area contributed by atoms with Crippen molar-refractivity contribution in [3.63, 3.8) is 0 Å². The summed E-state index contributed by atoms with van der Waals surface area (Å²) in [7, 11) is 0. The van der Waals surface area contributed by atoms with Gasteiger partial charge in [-0.2, -0.15) is 0 Å². The average Bonchev–Trinajstić information content (AvgIpc) is 2.62. The molecule has 0 heterocycles. The Kier molecular flexibility index (Phi) is 9.20. The third-order valence-corrected chi connectivity index (χ3v) is 6.23. The monoisotopic (exact) mass is 396 g/mol. The Morgan fingerprint density at radius 2 is 1.62 bits per heavy atom. The van der Waals surface area contributed by atoms with Gasteiger partial charge in [0.05, 0.1) is 6.61 Å². The Morgan fingerprint density at radius 1 is 0.966 bits per heavy atom. The van der Waals surface area contributed by atoms with E-state index in [2.05, 4.69) is 45.1 Å². The molecule has 0 unspecified atom stereocenters. The highest BCUT2D eigenvalue weighted by atomic mass is 16.5. The van der Waals surface area contributed by atoms with Crippen LogP contribution in [0.3, 0.4) is 0 Å². The molecular weight excluding hydrogens is 356 g/mol. The number of esters is 1. The van der Waals surface area contributed by atoms with E-state index in [-0.39, 0.29) is 11.4 Å². The van der Waals surface area contributed by atoms with Gasteiger partial charge in [-0.15, -0.1) is 0 Å². The highest BCUT2D eigenvalue weighted by molar-refractivity contribution is 5.83. The molecule has 0 saturated carbocycles. The van der Waals surface area contributed by atoms with E-state index in [9.17, 15) is 4.79 Å². The molecule has 0 spiro atoms. The largest absolute Gasteiger partial charge is 0.463 e. The van der Waals surface area contributed by atoms with Gasteiger partial charge >= 0.3 is 5.97 Å². The van der Waals surface area contributed by atoms with E-state index in [4.69, 9.17) is 4.74 Å². The maximum Gasteiger partial charge on any atom is 0.330 e. The summed E-state index contributed by atoms with van der Waals surface area (Å²) in [6, 6.07) is 0. The van der Waals surface area contributed by atoms with E-state index in [0.717, 1.165) is 18.4 Å². The predicted octanol–water partition coefficient (Wildman–Crippen LogP) is 7.79. The van der Waals surface area contributed by atoms with Crippen LogP contribution in [0.15, 0.2) is 58.2 Å². The summed E-state index contributed by atoms with van der Waals surface area (Å²) in [5.74, 6) is -0.261. The fraction of sp³-hybridized carbons (Fsp3) is 0.593. The van der Waals surface area contributed by atoms with Crippen LogP contribution in [0.2, 0.25) is 0 Å². The second kappa shape index (κ2) is 11.4. The van der Waals surface area contributed by atoms with Crippen molar-refractivity contribution in [3.8, 4) is 0 Å². The minimum atomic E-state index is -0.261. The number of carbonyl (C=O) groups is 1. The molecule has 0 N–H and O–H groups in total. The molecule has 0 bridgehead atoms. The summed E-state index contributed by atoms with van der Waals surface area (Å²) in [6.07, 6.45) is 21.9. The molecule has 0 amide bonds. The Morgan fingerprint density at radius 3 is 2.24 bits per heavy atom. The third-order valence-electron chi connectivity index (χ3n) is 6.23. The minimum absolute atomic E-state index is 0.261. The van der Waals surface area contributed by atoms with Crippen molar-refractivity contribution in [3.05, 3.63) is 58.2 Å². The van der Waals surface area contributed by atoms with E-state index in [1.165, 1.54) is 61.7 Å². The molecular formula is C27H40O2. The first-order valence-corrected chi connectivity index (χ1v) is 11.5. The predicted molar refractivity (Wildman–Crippen MR) is 124 cm³/mol. The van der Waals surface area contributed by atoms with Crippen LogP contribution in [0, 0.1) is 5.41 Å². The van der Waals surface area contributed by atoms with Crippen LogP contribution in [-0.4, -0.2) is 12.6 Å². The summed E-state index contributed by atoms with van der Waals surface area (Å²) in [5.41, 5.74) is 7.18. The average molecular weight is 397 g/mol. The molecule has 0 atom stereocenters. The number of rotatable bonds is 6. The summed E-state index contributed by atoms with van der Waals surface area (Å²) in [6.45, 7) is 11.3. The van der Waals surface area contributed by atoms with Gasteiger partial charge in [-0.3, -0.25) is 0 Å². The smallest absolute Gasteiger partial charge is 0.330 e. The number of carbonyl (C=O) groups excluding carboxylic acids is 1. The maximum absolute atomic E-state index is 11.7. The summed E-state index contributed by atoms with van der Waals surface area (Å²) < 4.78 is 5.02. The highest BCUT2D eigenvalue weighted by Crippen LogP contribution is 2.41. The second-order valence-corrected chi connectivity index (χ2v) is 9.20. The molecule has 0 radical (unpaired) electrons. The molecule has 2 nitrogen and oxygen atoms in total. The standard InChI is InChI=1S/C27H40O2/c1-6-29-26(28)20-21(2)15-16-23-13-9-7-8-10-14-24(23)17-18-25-22(3)12-11-19-27(25,4)5/h15-18,20H,6-14,19H2,1-5H3/b16-15?,18-17?,21-20+,24-23?. The molecule has 0 saturated heterocycles. The molecule has 29 heavy (non-hydrogen) atoms. The van der Waals surface area contributed by atoms with E-state index in [0.29, 0.717) is 6.61 Å². The van der Waals surface area contributed by atoms with Crippen LogP contribution < -0.4 is 0 Å². The lowest BCUT2D eigenvalue weighted by atomic mass is 9.72. The molecule has 2 rings (SSSR count). The van der Waals surface area contributed by atoms with Gasteiger partial charge in [0.25, 0.3) is 0 Å². The Bertz CT molecular complexity index is 726. The van der Waals surface area contributed by atoms with Gasteiger partial charge < -0.3 is 4.74 Å². The lowest BCUT2D eigenvalue weighted by Gasteiger charge is -2.33. The molecule has 0 fully saturated rings. The summed E-state index contributed by atoms with van der Waals surface area (Å²) in [4.78, 5) is 11.7. The molecule has 160 valence electrons. The highest BCUT2D eigenvalue weighted by Gasteiger charge is 2.26. The van der Waals surface area contributed by atoms with Crippen molar-refractivity contribution in [1.29, 1.82) is 0 Å². The molecule has 2 aliphatic rings. The topological polar surface area (TPSA) is 26.3 Å². The van der Waals surface area contributed by atoms with Crippen molar-refractivity contribution in [2.45, 2.75) is 92.4 Å². The fourth-order valence-electron chi connectivity index (χ4n) is 4.53. The van der Waals surface area contributed by atoms with Gasteiger partial charge in [0.15, 0.2) is 0 Å². The molecule has 2 aliphatic carbocycles. The van der Waals surface area contributed by atoms with Crippen molar-refractivity contribution in [2.75, 3.05) is 6.61 Å². The number of allylic oxidation sites excluding steroid dienone is 9. The van der Waals surface area contributed by atoms with Gasteiger partial charge in [-0.25, -0.2) is 4.79 Å². The number of ether oxygens (including phenoxy) is 1. The van der Waals surface area contributed by atoms with Crippen molar-refractivity contribution >= 4 is 5.97 Å². The van der Waals surface area contributed by atoms with Gasteiger partial charge in [0.1, 0.15) is 0 Å². The lowest BCUT2D eigenvalue weighted by Crippen LogP contribution is -2.19. The van der Waals surface area contributed by atoms with Crippen LogP contribution in [-0.2, 0) is 9.53 Å². The first kappa shape index (κ1) is 23.4. The zero-order chi connectivity index (χ0) is 21.3. The number of hydrogen-bond donors (Lipinski definition) is 0. The molecule has 0 aromatic heterocycles. The first-order chi connectivity index (χ1) is 13.8. The molecule has 0 aliphatic heterocycles. The van der Waals surface area contributed by atoms with Crippen LogP contribution in [0.4, 0.5) is 0 Å². The van der Waals surface area contributed by atoms with E-state index < -0.39 is 0 Å². The van der Waals surface area contributed by atoms with Gasteiger partial charge in [0.2, 0.25) is 0 Å². The van der Waals surface area contributed by atoms with E-state index >= 15 is 0 Å². The molecule has 2 heteroatoms. The normalized spacial score (nSPS) is 21.6. The Labute approximate surface area is 178 Å². The quantitative estimate of drug-likeness (QED) is 0.260. The fourth-order valence-corrected chi connectivity index (χ4v) is 4.53. The zero-order valence-electron chi connectivity index (χ0n) is 19.3. The van der Waals surface area contributed by atoms with Gasteiger partial charge in [-0.1, -0.05) is 56.6 Å². The summed E-state index contributed by atoms with van der Waals surface area (Å²) >= 11 is 0. The van der Waals surface area contributed by atoms with Crippen molar-refractivity contribution < 1.29 is 9.53 Å². The van der Waals surface area contributed by atoms with Gasteiger partial charge in [0, 0.05) is 6.08 Å². The Balaban J connectivity index is 2.29. The van der Waals surface area contributed by atoms with Gasteiger partial charge in [-0.05, 0) is 93.4 Å². The summed E-state index contributed by atoms with van der Waals surface area (Å²) in [5, 5.41) is 0. The van der Waals surface area contributed by atoms with E-state index in [1.807, 2.05) is 13.8 Å². The Hall–Kier alpha value is -1.83. The third kappa shape index (κ3) is 7.49. The minimum Gasteiger partial charge on any atom is -0.463 e. The van der Waals surface area contributed by atoms with Crippen LogP contribution in [0.1, 0.15) is 92.4 Å². The molecule has 0 aromatic carbocycles. The van der Waals surface area contributed by atoms with Crippen LogP contribution >= 0.6 is 0 Å². The van der Waals surface area contributed by atoms with Crippen molar-refractivity contribution in [2.24, 2.45) is 5.41 Å². The van der Waals surface area contributed by atoms with Crippen LogP contribution in [0.25, 0.3) is 0 Å². The van der Waals surface area contributed by atoms with Crippen molar-refractivity contribution in [1.82, 2.24) is 0 Å². The SMILES string of the molecule is CCOC(=O)/C=C(\C)C=CC1=C(C=CC2=C(C)CCCC2(C)C)CCCCCC1. The molecule has 0 aromatic rings. The zero-order valence-corrected chi connectivity index (χ0v) is 19.3. The maximum atomic E-state index is 11.7.